The molecule has 1 aliphatic heterocycles. The van der Waals surface area contributed by atoms with Crippen molar-refractivity contribution in [3.63, 3.8) is 0 Å². The van der Waals surface area contributed by atoms with Crippen LogP contribution < -0.4 is 11.4 Å². The van der Waals surface area contributed by atoms with Crippen molar-refractivity contribution in [1.29, 1.82) is 0 Å². The number of aromatic nitrogens is 3. The number of aliphatic hydroxyl groups is 2. The highest BCUT2D eigenvalue weighted by molar-refractivity contribution is 7.81. The minimum absolute atomic E-state index is 0.0362. The number of nitrogen functional groups attached to an aromatic ring is 1. The normalized spacial score (nSPS) is 32.9. The van der Waals surface area contributed by atoms with Crippen molar-refractivity contribution >= 4 is 18.6 Å². The molecule has 4 N–H and O–H groups in total. The van der Waals surface area contributed by atoms with Crippen LogP contribution in [0.3, 0.4) is 0 Å². The average Bonchev–Trinajstić information content (AvgIpc) is 2.53. The monoisotopic (exact) mass is 260 g/mol. The van der Waals surface area contributed by atoms with Gasteiger partial charge in [-0.2, -0.15) is 4.98 Å². The minimum atomic E-state index is -1.50. The molecule has 0 aliphatic carbocycles. The smallest absolute Gasteiger partial charge is 0.354 e. The van der Waals surface area contributed by atoms with Gasteiger partial charge >= 0.3 is 5.69 Å². The molecule has 2 rings (SSSR count). The van der Waals surface area contributed by atoms with Gasteiger partial charge in [-0.25, -0.2) is 9.78 Å². The highest BCUT2D eigenvalue weighted by Crippen LogP contribution is 2.38. The van der Waals surface area contributed by atoms with Crippen LogP contribution in [0.25, 0.3) is 0 Å². The van der Waals surface area contributed by atoms with Crippen molar-refractivity contribution in [3.05, 3.63) is 16.8 Å². The molecule has 0 saturated carbocycles. The first-order valence-electron chi connectivity index (χ1n) is 4.86. The minimum Gasteiger partial charge on any atom is -0.394 e. The molecule has 8 nitrogen and oxygen atoms in total. The molecule has 94 valence electrons. The predicted octanol–water partition coefficient (Wildman–Crippen LogP) is -1.88. The topological polar surface area (TPSA) is 123 Å². The van der Waals surface area contributed by atoms with E-state index in [1.165, 1.54) is 6.33 Å². The van der Waals surface area contributed by atoms with Crippen LogP contribution in [0, 0.1) is 0 Å². The quantitative estimate of drug-likeness (QED) is 0.362. The summed E-state index contributed by atoms with van der Waals surface area (Å²) in [6.45, 7) is -0.402. The Bertz CT molecular complexity index is 477. The number of nitrogens with zero attached hydrogens (tertiary/aromatic N) is 3. The molecule has 0 radical (unpaired) electrons. The molecule has 1 aromatic heterocycles. The van der Waals surface area contributed by atoms with Crippen molar-refractivity contribution in [1.82, 2.24) is 14.5 Å². The van der Waals surface area contributed by atoms with Crippen molar-refractivity contribution < 1.29 is 14.9 Å². The first-order valence-corrected chi connectivity index (χ1v) is 5.30. The maximum absolute atomic E-state index is 11.5. The van der Waals surface area contributed by atoms with E-state index in [1.807, 2.05) is 0 Å². The van der Waals surface area contributed by atoms with E-state index in [0.29, 0.717) is 0 Å². The van der Waals surface area contributed by atoms with Gasteiger partial charge in [-0.15, -0.1) is 12.6 Å². The molecule has 1 fully saturated rings. The summed E-state index contributed by atoms with van der Waals surface area (Å²) in [5, 5.41) is 18.8. The van der Waals surface area contributed by atoms with Crippen LogP contribution in [-0.2, 0) is 4.74 Å². The van der Waals surface area contributed by atoms with Gasteiger partial charge in [0.05, 0.1) is 6.61 Å². The lowest BCUT2D eigenvalue weighted by atomic mass is 10.2. The van der Waals surface area contributed by atoms with Crippen molar-refractivity contribution in [2.24, 2.45) is 0 Å². The Kier molecular flexibility index (Phi) is 3.08. The Morgan fingerprint density at radius 1 is 1.76 bits per heavy atom. The molecule has 0 aromatic carbocycles. The standard InChI is InChI=1S/C8H12N4O4S/c9-6-10-3-12(7(14)11-6)5-1-8(15,17)4(2-13)16-5/h3-5,13,15,17H,1-2H2,(H2,9,11,14)/t4-,5-,8-/m1/s1. The molecule has 1 saturated heterocycles. The van der Waals surface area contributed by atoms with Crippen LogP contribution in [0.15, 0.2) is 11.1 Å². The fourth-order valence-electron chi connectivity index (χ4n) is 1.64. The van der Waals surface area contributed by atoms with Crippen molar-refractivity contribution in [3.8, 4) is 0 Å². The lowest BCUT2D eigenvalue weighted by Gasteiger charge is -2.19. The Labute approximate surface area is 101 Å². The summed E-state index contributed by atoms with van der Waals surface area (Å²) in [5.74, 6) is -0.135. The van der Waals surface area contributed by atoms with E-state index in [-0.39, 0.29) is 12.4 Å². The van der Waals surface area contributed by atoms with Gasteiger partial charge in [0.15, 0.2) is 0 Å². The Morgan fingerprint density at radius 2 is 2.47 bits per heavy atom. The molecule has 17 heavy (non-hydrogen) atoms. The number of rotatable bonds is 2. The van der Waals surface area contributed by atoms with Gasteiger partial charge in [-0.05, 0) is 0 Å². The summed E-state index contributed by atoms with van der Waals surface area (Å²) >= 11 is 3.98. The van der Waals surface area contributed by atoms with Crippen LogP contribution in [-0.4, -0.2) is 42.4 Å². The van der Waals surface area contributed by atoms with Crippen molar-refractivity contribution in [2.45, 2.75) is 23.7 Å². The van der Waals surface area contributed by atoms with E-state index in [4.69, 9.17) is 15.6 Å². The van der Waals surface area contributed by atoms with E-state index in [9.17, 15) is 9.90 Å². The number of nitrogens with two attached hydrogens (primary N) is 1. The van der Waals surface area contributed by atoms with E-state index in [0.717, 1.165) is 4.57 Å². The largest absolute Gasteiger partial charge is 0.394 e. The SMILES string of the molecule is Nc1ncn([C@H]2C[C@@](O)(S)[C@@H](CO)O2)c(=O)n1. The van der Waals surface area contributed by atoms with Gasteiger partial charge in [-0.1, -0.05) is 0 Å². The Hall–Kier alpha value is -1.16. The molecule has 9 heteroatoms. The van der Waals surface area contributed by atoms with E-state index in [1.54, 1.807) is 0 Å². The molecular weight excluding hydrogens is 248 g/mol. The molecule has 0 spiro atoms. The average molecular weight is 260 g/mol. The lowest BCUT2D eigenvalue weighted by molar-refractivity contribution is -0.0533. The van der Waals surface area contributed by atoms with Gasteiger partial charge in [0, 0.05) is 6.42 Å². The lowest BCUT2D eigenvalue weighted by Crippen LogP contribution is -2.34. The summed E-state index contributed by atoms with van der Waals surface area (Å²) in [5.41, 5.74) is 4.62. The van der Waals surface area contributed by atoms with E-state index in [2.05, 4.69) is 22.6 Å². The van der Waals surface area contributed by atoms with Gasteiger partial charge in [0.1, 0.15) is 23.6 Å². The van der Waals surface area contributed by atoms with Crippen LogP contribution in [0.4, 0.5) is 5.95 Å². The number of ether oxygens (including phenoxy) is 1. The fraction of sp³-hybridized carbons (Fsp3) is 0.625. The number of anilines is 1. The zero-order valence-electron chi connectivity index (χ0n) is 8.72. The number of hydrogen-bond donors (Lipinski definition) is 4. The highest BCUT2D eigenvalue weighted by Gasteiger charge is 2.45. The molecule has 1 aliphatic rings. The fourth-order valence-corrected chi connectivity index (χ4v) is 1.94. The predicted molar refractivity (Wildman–Crippen MR) is 60.3 cm³/mol. The van der Waals surface area contributed by atoms with Crippen LogP contribution in [0.2, 0.25) is 0 Å². The molecule has 3 atom stereocenters. The number of hydrogen-bond acceptors (Lipinski definition) is 8. The third-order valence-corrected chi connectivity index (χ3v) is 3.00. The van der Waals surface area contributed by atoms with Crippen LogP contribution in [0.1, 0.15) is 12.6 Å². The maximum Gasteiger partial charge on any atom is 0.354 e. The zero-order valence-corrected chi connectivity index (χ0v) is 9.62. The summed E-state index contributed by atoms with van der Waals surface area (Å²) < 4.78 is 6.39. The molecule has 1 aromatic rings. The first kappa shape index (κ1) is 12.3. The Balaban J connectivity index is 2.29. The third-order valence-electron chi connectivity index (χ3n) is 2.53. The Morgan fingerprint density at radius 3 is 3.00 bits per heavy atom. The zero-order chi connectivity index (χ0) is 12.6. The molecule has 0 bridgehead atoms. The maximum atomic E-state index is 11.5. The number of aliphatic hydroxyl groups excluding tert-OH is 1. The number of thiol groups is 1. The van der Waals surface area contributed by atoms with E-state index >= 15 is 0 Å². The molecule has 2 heterocycles. The van der Waals surface area contributed by atoms with Gasteiger partial charge in [0.2, 0.25) is 5.95 Å². The van der Waals surface area contributed by atoms with Gasteiger partial charge < -0.3 is 20.7 Å². The molecule has 0 unspecified atom stereocenters. The second-order valence-electron chi connectivity index (χ2n) is 3.75. The molecule has 0 amide bonds. The summed E-state index contributed by atoms with van der Waals surface area (Å²) in [4.78, 5) is 17.1. The van der Waals surface area contributed by atoms with Crippen LogP contribution in [0.5, 0.6) is 0 Å². The van der Waals surface area contributed by atoms with Crippen molar-refractivity contribution in [2.75, 3.05) is 12.3 Å². The van der Waals surface area contributed by atoms with E-state index < -0.39 is 29.6 Å². The van der Waals surface area contributed by atoms with Gasteiger partial charge in [0.25, 0.3) is 0 Å². The highest BCUT2D eigenvalue weighted by atomic mass is 32.1. The first-order chi connectivity index (χ1) is 7.94. The van der Waals surface area contributed by atoms with Crippen LogP contribution >= 0.6 is 12.6 Å². The third kappa shape index (κ3) is 2.27. The summed E-state index contributed by atoms with van der Waals surface area (Å²) in [6, 6.07) is 0. The summed E-state index contributed by atoms with van der Waals surface area (Å²) in [7, 11) is 0. The van der Waals surface area contributed by atoms with Gasteiger partial charge in [-0.3, -0.25) is 4.57 Å². The molecular formula is C8H12N4O4S. The second-order valence-corrected chi connectivity index (χ2v) is 4.52. The summed E-state index contributed by atoms with van der Waals surface area (Å²) in [6.07, 6.45) is -0.434. The second kappa shape index (κ2) is 4.26.